The summed E-state index contributed by atoms with van der Waals surface area (Å²) in [6.45, 7) is 5.51. The molecule has 1 aliphatic rings. The first-order valence-electron chi connectivity index (χ1n) is 10.6. The van der Waals surface area contributed by atoms with E-state index in [1.807, 2.05) is 30.3 Å². The molecule has 0 unspecified atom stereocenters. The number of carbonyl (C=O) groups excluding carboxylic acids is 1. The van der Waals surface area contributed by atoms with Crippen LogP contribution in [0.1, 0.15) is 42.6 Å². The van der Waals surface area contributed by atoms with Gasteiger partial charge in [-0.1, -0.05) is 41.5 Å². The third kappa shape index (κ3) is 6.62. The highest BCUT2D eigenvalue weighted by Gasteiger charge is 2.36. The van der Waals surface area contributed by atoms with Crippen molar-refractivity contribution < 1.29 is 22.7 Å². The Morgan fingerprint density at radius 1 is 1.29 bits per heavy atom. The second-order valence-corrected chi connectivity index (χ2v) is 10.0. The molecule has 0 aromatic heterocycles. The number of rotatable bonds is 9. The molecule has 3 atom stereocenters. The molecule has 35 heavy (non-hydrogen) atoms. The van der Waals surface area contributed by atoms with Crippen LogP contribution in [0.5, 0.6) is 0 Å². The topological polar surface area (TPSA) is 99.4 Å². The van der Waals surface area contributed by atoms with E-state index in [1.165, 1.54) is 6.07 Å². The lowest BCUT2D eigenvalue weighted by molar-refractivity contribution is -0.137. The average molecular weight is 597 g/mol. The Hall–Kier alpha value is -2.89. The Kier molecular flexibility index (Phi) is 8.24. The molecule has 1 heterocycles. The molecule has 11 heteroatoms. The van der Waals surface area contributed by atoms with Crippen molar-refractivity contribution in [2.24, 2.45) is 10.1 Å². The molecule has 3 rings (SSSR count). The van der Waals surface area contributed by atoms with Gasteiger partial charge in [0, 0.05) is 23.2 Å². The molecule has 0 saturated carbocycles. The summed E-state index contributed by atoms with van der Waals surface area (Å²) in [7, 11) is 0. The van der Waals surface area contributed by atoms with Gasteiger partial charge in [-0.3, -0.25) is 9.79 Å². The summed E-state index contributed by atoms with van der Waals surface area (Å²) in [5.74, 6) is -0.0694. The number of benzene rings is 2. The quantitative estimate of drug-likeness (QED) is 0.0496. The number of carbonyl (C=O) groups is 1. The minimum Gasteiger partial charge on any atom is -0.371 e. The minimum absolute atomic E-state index is 0.0358. The molecule has 0 spiro atoms. The van der Waals surface area contributed by atoms with Crippen molar-refractivity contribution in [3.8, 4) is 0 Å². The van der Waals surface area contributed by atoms with Crippen molar-refractivity contribution in [2.45, 2.75) is 41.1 Å². The highest BCUT2D eigenvalue weighted by atomic mass is 127. The van der Waals surface area contributed by atoms with Gasteiger partial charge in [-0.25, -0.2) is 0 Å². The Labute approximate surface area is 214 Å². The number of alkyl halides is 4. The zero-order valence-corrected chi connectivity index (χ0v) is 21.0. The minimum atomic E-state index is -4.62. The predicted octanol–water partition coefficient (Wildman–Crippen LogP) is 6.92. The largest absolute Gasteiger partial charge is 0.416 e. The van der Waals surface area contributed by atoms with Gasteiger partial charge in [-0.2, -0.15) is 13.2 Å². The van der Waals surface area contributed by atoms with Crippen LogP contribution in [0.4, 0.5) is 18.9 Å². The molecule has 1 N–H and O–H groups in total. The number of aliphatic imine (C=N–C) groups is 1. The van der Waals surface area contributed by atoms with E-state index >= 15 is 0 Å². The van der Waals surface area contributed by atoms with Crippen LogP contribution in [-0.4, -0.2) is 22.3 Å². The van der Waals surface area contributed by atoms with Gasteiger partial charge in [0.2, 0.25) is 5.91 Å². The Morgan fingerprint density at radius 3 is 2.57 bits per heavy atom. The van der Waals surface area contributed by atoms with Gasteiger partial charge in [0.15, 0.2) is 0 Å². The Morgan fingerprint density at radius 2 is 2.00 bits per heavy atom. The number of amides is 1. The Balaban J connectivity index is 1.93. The van der Waals surface area contributed by atoms with Crippen LogP contribution in [0.25, 0.3) is 10.4 Å². The van der Waals surface area contributed by atoms with Crippen LogP contribution in [-0.2, 0) is 21.2 Å². The first kappa shape index (κ1) is 26.7. The molecule has 0 bridgehead atoms. The van der Waals surface area contributed by atoms with Crippen LogP contribution in [0.3, 0.4) is 0 Å². The van der Waals surface area contributed by atoms with E-state index in [4.69, 9.17) is 15.3 Å². The zero-order valence-electron chi connectivity index (χ0n) is 18.8. The van der Waals surface area contributed by atoms with Gasteiger partial charge < -0.3 is 10.1 Å². The summed E-state index contributed by atoms with van der Waals surface area (Å²) in [6, 6.07) is 12.3. The molecule has 7 nitrogen and oxygen atoms in total. The maximum Gasteiger partial charge on any atom is 0.416 e. The van der Waals surface area contributed by atoms with Crippen molar-refractivity contribution in [1.82, 2.24) is 5.32 Å². The van der Waals surface area contributed by atoms with Gasteiger partial charge >= 0.3 is 6.18 Å². The third-order valence-corrected chi connectivity index (χ3v) is 6.71. The van der Waals surface area contributed by atoms with E-state index in [0.717, 1.165) is 17.7 Å². The van der Waals surface area contributed by atoms with E-state index in [0.29, 0.717) is 12.8 Å². The summed E-state index contributed by atoms with van der Waals surface area (Å²) < 4.78 is 45.5. The molecule has 2 aromatic carbocycles. The van der Waals surface area contributed by atoms with Crippen LogP contribution in [0.2, 0.25) is 0 Å². The van der Waals surface area contributed by atoms with Crippen molar-refractivity contribution in [2.75, 3.05) is 6.61 Å². The molecule has 0 aliphatic carbocycles. The van der Waals surface area contributed by atoms with Crippen LogP contribution >= 0.6 is 22.6 Å². The molecular weight excluding hydrogens is 574 g/mol. The summed E-state index contributed by atoms with van der Waals surface area (Å²) in [5, 5.41) is 6.22. The van der Waals surface area contributed by atoms with Crippen molar-refractivity contribution in [3.63, 3.8) is 0 Å². The van der Waals surface area contributed by atoms with Crippen molar-refractivity contribution in [1.29, 1.82) is 0 Å². The Bertz CT molecular complexity index is 1170. The monoisotopic (exact) mass is 597 g/mol. The lowest BCUT2D eigenvalue weighted by Gasteiger charge is -2.30. The van der Waals surface area contributed by atoms with Crippen LogP contribution in [0, 0.1) is 0 Å². The number of azide groups is 1. The lowest BCUT2D eigenvalue weighted by atomic mass is 9.91. The van der Waals surface area contributed by atoms with Crippen LogP contribution in [0.15, 0.2) is 71.3 Å². The van der Waals surface area contributed by atoms with Crippen molar-refractivity contribution in [3.05, 3.63) is 88.3 Å². The molecule has 1 amide bonds. The molecule has 184 valence electrons. The standard InChI is InChI=1S/C24H23F3IN5O2/c1-3-22(18-7-5-4-6-8-18,30-14-23(28)10-9-21(34)31-23)15-35-16(2)17-11-19(24(25,26)27)13-20(12-17)32-33-29/h3-8,11-14,16H,1,9-10,15H2,2H3,(H,31,34)/t16-,22-,23+/m1/s1. The van der Waals surface area contributed by atoms with Gasteiger partial charge in [-0.15, -0.1) is 6.58 Å². The number of ether oxygens (including phenoxy) is 1. The number of nitrogens with zero attached hydrogens (tertiary/aromatic N) is 4. The maximum atomic E-state index is 13.4. The van der Waals surface area contributed by atoms with Gasteiger partial charge in [-0.05, 0) is 70.8 Å². The lowest BCUT2D eigenvalue weighted by Crippen LogP contribution is -2.38. The number of nitrogens with one attached hydrogen (secondary N) is 1. The molecule has 1 aliphatic heterocycles. The molecule has 2 aromatic rings. The first-order chi connectivity index (χ1) is 16.5. The molecule has 0 radical (unpaired) electrons. The van der Waals surface area contributed by atoms with Gasteiger partial charge in [0.25, 0.3) is 0 Å². The fourth-order valence-corrected chi connectivity index (χ4v) is 4.32. The SMILES string of the molecule is C=C[C@](CO[C@H](C)c1cc(N=[N+]=[N-])cc(C(F)(F)F)c1)(N=C[C@]1(I)CCC(=O)N1)c1ccccc1. The van der Waals surface area contributed by atoms with Crippen LogP contribution < -0.4 is 5.32 Å². The van der Waals surface area contributed by atoms with Gasteiger partial charge in [0.05, 0.1) is 18.3 Å². The number of hydrogen-bond donors (Lipinski definition) is 1. The number of hydrogen-bond acceptors (Lipinski definition) is 4. The third-order valence-electron chi connectivity index (χ3n) is 5.62. The highest BCUT2D eigenvalue weighted by Crippen LogP contribution is 2.37. The summed E-state index contributed by atoms with van der Waals surface area (Å²) in [6.07, 6.45) is -1.18. The highest BCUT2D eigenvalue weighted by molar-refractivity contribution is 14.1. The molecular formula is C24H23F3IN5O2. The molecule has 1 saturated heterocycles. The van der Waals surface area contributed by atoms with E-state index in [9.17, 15) is 18.0 Å². The summed E-state index contributed by atoms with van der Waals surface area (Å²) in [4.78, 5) is 19.1. The maximum absolute atomic E-state index is 13.4. The predicted molar refractivity (Wildman–Crippen MR) is 136 cm³/mol. The zero-order chi connectivity index (χ0) is 25.7. The summed E-state index contributed by atoms with van der Waals surface area (Å²) >= 11 is 2.13. The fourth-order valence-electron chi connectivity index (χ4n) is 3.61. The average Bonchev–Trinajstić information content (AvgIpc) is 3.18. The fraction of sp³-hybridized carbons (Fsp3) is 0.333. The smallest absolute Gasteiger partial charge is 0.371 e. The van der Waals surface area contributed by atoms with E-state index in [2.05, 4.69) is 44.5 Å². The molecule has 1 fully saturated rings. The summed E-state index contributed by atoms with van der Waals surface area (Å²) in [5.41, 5.74) is 7.50. The second kappa shape index (κ2) is 10.8. The first-order valence-corrected chi connectivity index (χ1v) is 11.7. The van der Waals surface area contributed by atoms with Gasteiger partial charge in [0.1, 0.15) is 9.08 Å². The van der Waals surface area contributed by atoms with E-state index in [1.54, 1.807) is 19.2 Å². The normalized spacial score (nSPS) is 20.7. The second-order valence-electron chi connectivity index (χ2n) is 8.12. The van der Waals surface area contributed by atoms with E-state index < -0.39 is 26.9 Å². The number of halogens is 4. The van der Waals surface area contributed by atoms with E-state index in [-0.39, 0.29) is 23.8 Å². The van der Waals surface area contributed by atoms with Crippen molar-refractivity contribution >= 4 is 40.4 Å².